The van der Waals surface area contributed by atoms with E-state index in [1.165, 1.54) is 18.2 Å². The molecule has 0 saturated carbocycles. The minimum atomic E-state index is -0.630. The van der Waals surface area contributed by atoms with Crippen molar-refractivity contribution in [2.75, 3.05) is 5.73 Å². The molecule has 0 radical (unpaired) electrons. The van der Waals surface area contributed by atoms with Gasteiger partial charge in [-0.3, -0.25) is 0 Å². The molecule has 1 unspecified atom stereocenters. The van der Waals surface area contributed by atoms with Gasteiger partial charge < -0.3 is 10.3 Å². The predicted molar refractivity (Wildman–Crippen MR) is 69.6 cm³/mol. The fourth-order valence-electron chi connectivity index (χ4n) is 2.69. The smallest absolute Gasteiger partial charge is 0.135 e. The van der Waals surface area contributed by atoms with E-state index < -0.39 is 11.6 Å². The van der Waals surface area contributed by atoms with Crippen LogP contribution in [0.2, 0.25) is 0 Å². The van der Waals surface area contributed by atoms with E-state index in [-0.39, 0.29) is 17.2 Å². The molecule has 19 heavy (non-hydrogen) atoms. The third kappa shape index (κ3) is 1.80. The first kappa shape index (κ1) is 12.1. The third-order valence-corrected chi connectivity index (χ3v) is 3.70. The number of benzene rings is 1. The normalized spacial score (nSPS) is 18.4. The molecule has 2 N–H and O–H groups in total. The van der Waals surface area contributed by atoms with E-state index in [4.69, 9.17) is 5.73 Å². The number of nitrogens with two attached hydrogens (primary N) is 1. The zero-order valence-electron chi connectivity index (χ0n) is 10.7. The van der Waals surface area contributed by atoms with Crippen molar-refractivity contribution in [2.24, 2.45) is 0 Å². The Labute approximate surface area is 110 Å². The van der Waals surface area contributed by atoms with Gasteiger partial charge in [0.2, 0.25) is 0 Å². The zero-order chi connectivity index (χ0) is 13.6. The second-order valence-corrected chi connectivity index (χ2v) is 5.00. The molecule has 0 amide bonds. The first-order valence-corrected chi connectivity index (χ1v) is 6.40. The van der Waals surface area contributed by atoms with E-state index >= 15 is 0 Å². The Balaban J connectivity index is 2.22. The Morgan fingerprint density at radius 1 is 1.32 bits per heavy atom. The molecular weight excluding hydrogens is 248 g/mol. The molecule has 0 aliphatic carbocycles. The molecule has 0 saturated heterocycles. The maximum absolute atomic E-state index is 13.8. The van der Waals surface area contributed by atoms with Gasteiger partial charge in [-0.05, 0) is 25.0 Å². The maximum Gasteiger partial charge on any atom is 0.135 e. The van der Waals surface area contributed by atoms with E-state index in [1.807, 2.05) is 4.57 Å². The average Bonchev–Trinajstić information content (AvgIpc) is 2.69. The number of anilines is 1. The number of fused-ring (bicyclic) bond motifs is 1. The summed E-state index contributed by atoms with van der Waals surface area (Å²) in [6.45, 7) is 2.81. The summed E-state index contributed by atoms with van der Waals surface area (Å²) >= 11 is 0. The molecule has 1 atom stereocenters. The minimum Gasteiger partial charge on any atom is -0.383 e. The molecule has 1 aliphatic rings. The van der Waals surface area contributed by atoms with Crippen LogP contribution in [-0.4, -0.2) is 9.55 Å². The van der Waals surface area contributed by atoms with E-state index in [2.05, 4.69) is 11.9 Å². The van der Waals surface area contributed by atoms with Gasteiger partial charge in [-0.15, -0.1) is 0 Å². The van der Waals surface area contributed by atoms with Gasteiger partial charge in [0.15, 0.2) is 0 Å². The van der Waals surface area contributed by atoms with E-state index in [0.29, 0.717) is 5.82 Å². The van der Waals surface area contributed by atoms with Crippen molar-refractivity contribution in [3.8, 4) is 11.3 Å². The number of rotatable bonds is 1. The highest BCUT2D eigenvalue weighted by atomic mass is 19.1. The second-order valence-electron chi connectivity index (χ2n) is 5.00. The van der Waals surface area contributed by atoms with Crippen molar-refractivity contribution >= 4 is 5.82 Å². The van der Waals surface area contributed by atoms with Gasteiger partial charge in [0, 0.05) is 12.5 Å². The topological polar surface area (TPSA) is 43.8 Å². The van der Waals surface area contributed by atoms with E-state index in [1.54, 1.807) is 0 Å². The molecule has 1 aliphatic heterocycles. The fourth-order valence-corrected chi connectivity index (χ4v) is 2.69. The van der Waals surface area contributed by atoms with Gasteiger partial charge in [0.05, 0.1) is 5.56 Å². The molecule has 2 aromatic rings. The summed E-state index contributed by atoms with van der Waals surface area (Å²) in [5, 5.41) is 0. The SMILES string of the molecule is CC1CCCn2c1nc(-c1c(F)cccc1F)c2N. The number of hydrogen-bond acceptors (Lipinski definition) is 2. The lowest BCUT2D eigenvalue weighted by atomic mass is 10.0. The second kappa shape index (κ2) is 4.33. The van der Waals surface area contributed by atoms with Gasteiger partial charge in [-0.1, -0.05) is 13.0 Å². The number of aromatic nitrogens is 2. The summed E-state index contributed by atoms with van der Waals surface area (Å²) in [6, 6.07) is 3.78. The standard InChI is InChI=1S/C14H15F2N3/c1-8-4-3-7-19-13(17)12(18-14(8)19)11-9(15)5-2-6-10(11)16/h2,5-6,8H,3-4,7,17H2,1H3. The summed E-state index contributed by atoms with van der Waals surface area (Å²) in [4.78, 5) is 4.38. The molecular formula is C14H15F2N3. The molecule has 3 rings (SSSR count). The molecule has 2 heterocycles. The van der Waals surface area contributed by atoms with Crippen molar-refractivity contribution in [2.45, 2.75) is 32.2 Å². The van der Waals surface area contributed by atoms with Crippen LogP contribution in [0.25, 0.3) is 11.3 Å². The van der Waals surface area contributed by atoms with Crippen LogP contribution in [0.1, 0.15) is 31.5 Å². The van der Waals surface area contributed by atoms with Gasteiger partial charge >= 0.3 is 0 Å². The number of imidazole rings is 1. The summed E-state index contributed by atoms with van der Waals surface area (Å²) in [5.41, 5.74) is 6.11. The van der Waals surface area contributed by atoms with Gasteiger partial charge in [-0.25, -0.2) is 13.8 Å². The maximum atomic E-state index is 13.8. The Morgan fingerprint density at radius 3 is 2.63 bits per heavy atom. The number of nitrogens with zero attached hydrogens (tertiary/aromatic N) is 2. The molecule has 0 bridgehead atoms. The van der Waals surface area contributed by atoms with Crippen molar-refractivity contribution < 1.29 is 8.78 Å². The van der Waals surface area contributed by atoms with Crippen LogP contribution in [-0.2, 0) is 6.54 Å². The van der Waals surface area contributed by atoms with Crippen molar-refractivity contribution in [1.82, 2.24) is 9.55 Å². The van der Waals surface area contributed by atoms with Crippen molar-refractivity contribution in [3.63, 3.8) is 0 Å². The molecule has 0 fully saturated rings. The van der Waals surface area contributed by atoms with Gasteiger partial charge in [0.25, 0.3) is 0 Å². The monoisotopic (exact) mass is 263 g/mol. The lowest BCUT2D eigenvalue weighted by Crippen LogP contribution is -2.15. The number of halogens is 2. The lowest BCUT2D eigenvalue weighted by molar-refractivity contribution is 0.467. The highest BCUT2D eigenvalue weighted by molar-refractivity contribution is 5.72. The first-order valence-electron chi connectivity index (χ1n) is 6.40. The van der Waals surface area contributed by atoms with Crippen LogP contribution >= 0.6 is 0 Å². The summed E-state index contributed by atoms with van der Waals surface area (Å²) < 4.78 is 29.5. The minimum absolute atomic E-state index is 0.130. The largest absolute Gasteiger partial charge is 0.383 e. The Kier molecular flexibility index (Phi) is 2.77. The van der Waals surface area contributed by atoms with Crippen LogP contribution in [0.3, 0.4) is 0 Å². The lowest BCUT2D eigenvalue weighted by Gasteiger charge is -2.20. The molecule has 1 aromatic heterocycles. The zero-order valence-corrected chi connectivity index (χ0v) is 10.7. The quantitative estimate of drug-likeness (QED) is 0.857. The fraction of sp³-hybridized carbons (Fsp3) is 0.357. The van der Waals surface area contributed by atoms with E-state index in [0.717, 1.165) is 25.2 Å². The first-order chi connectivity index (χ1) is 9.09. The number of hydrogen-bond donors (Lipinski definition) is 1. The van der Waals surface area contributed by atoms with Crippen LogP contribution in [0.5, 0.6) is 0 Å². The van der Waals surface area contributed by atoms with E-state index in [9.17, 15) is 8.78 Å². The van der Waals surface area contributed by atoms with Crippen LogP contribution in [0.4, 0.5) is 14.6 Å². The molecule has 100 valence electrons. The summed E-state index contributed by atoms with van der Waals surface area (Å²) in [5.74, 6) is 0.177. The molecule has 3 nitrogen and oxygen atoms in total. The average molecular weight is 263 g/mol. The van der Waals surface area contributed by atoms with Crippen LogP contribution in [0.15, 0.2) is 18.2 Å². The highest BCUT2D eigenvalue weighted by Crippen LogP contribution is 2.36. The summed E-state index contributed by atoms with van der Waals surface area (Å²) in [6.07, 6.45) is 2.03. The Bertz CT molecular complexity index is 614. The Morgan fingerprint density at radius 2 is 2.00 bits per heavy atom. The Hall–Kier alpha value is -1.91. The van der Waals surface area contributed by atoms with Gasteiger partial charge in [-0.2, -0.15) is 0 Å². The van der Waals surface area contributed by atoms with Crippen LogP contribution in [0, 0.1) is 11.6 Å². The third-order valence-electron chi connectivity index (χ3n) is 3.70. The van der Waals surface area contributed by atoms with Crippen LogP contribution < -0.4 is 5.73 Å². The van der Waals surface area contributed by atoms with Gasteiger partial charge in [0.1, 0.15) is 29.0 Å². The molecule has 0 spiro atoms. The number of nitrogen functional groups attached to an aromatic ring is 1. The predicted octanol–water partition coefficient (Wildman–Crippen LogP) is 3.31. The summed E-state index contributed by atoms with van der Waals surface area (Å²) in [7, 11) is 0. The molecule has 5 heteroatoms. The highest BCUT2D eigenvalue weighted by Gasteiger charge is 2.26. The molecule has 1 aromatic carbocycles. The van der Waals surface area contributed by atoms with Crippen molar-refractivity contribution in [3.05, 3.63) is 35.7 Å². The van der Waals surface area contributed by atoms with Crippen molar-refractivity contribution in [1.29, 1.82) is 0 Å².